The van der Waals surface area contributed by atoms with E-state index in [-0.39, 0.29) is 17.1 Å². The number of carbonyl (C=O) groups excluding carboxylic acids is 1. The van der Waals surface area contributed by atoms with Crippen molar-refractivity contribution in [1.29, 1.82) is 0 Å². The fourth-order valence-electron chi connectivity index (χ4n) is 1.71. The van der Waals surface area contributed by atoms with Crippen LogP contribution < -0.4 is 0 Å². The first-order valence-electron chi connectivity index (χ1n) is 5.66. The molecule has 0 saturated heterocycles. The summed E-state index contributed by atoms with van der Waals surface area (Å²) in [5, 5.41) is 9.29. The van der Waals surface area contributed by atoms with Crippen molar-refractivity contribution in [2.75, 3.05) is 0 Å². The average Bonchev–Trinajstić information content (AvgIpc) is 2.16. The highest BCUT2D eigenvalue weighted by Crippen LogP contribution is 2.37. The number of carbonyl (C=O) groups is 1. The van der Waals surface area contributed by atoms with E-state index in [1.54, 1.807) is 12.1 Å². The van der Waals surface area contributed by atoms with Crippen LogP contribution >= 0.6 is 0 Å². The summed E-state index contributed by atoms with van der Waals surface area (Å²) in [5.74, 6) is -0.0586. The summed E-state index contributed by atoms with van der Waals surface area (Å²) in [7, 11) is 0. The Morgan fingerprint density at radius 3 is 2.00 bits per heavy atom. The van der Waals surface area contributed by atoms with Crippen LogP contribution in [-0.2, 0) is 14.9 Å². The molecule has 0 aliphatic heterocycles. The molecule has 0 radical (unpaired) electrons. The number of esters is 1. The monoisotopic (exact) mass is 236 g/mol. The third kappa shape index (κ3) is 2.78. The fraction of sp³-hybridized carbons (Fsp3) is 0.500. The number of aromatic hydroxyl groups is 1. The molecule has 3 nitrogen and oxygen atoms in total. The summed E-state index contributed by atoms with van der Waals surface area (Å²) < 4.78 is 5.39. The lowest BCUT2D eigenvalue weighted by Gasteiger charge is -2.41. The molecule has 0 fully saturated rings. The summed E-state index contributed by atoms with van der Waals surface area (Å²) in [6.45, 7) is 9.22. The summed E-state index contributed by atoms with van der Waals surface area (Å²) >= 11 is 0. The molecule has 3 heteroatoms. The Hall–Kier alpha value is -1.51. The van der Waals surface area contributed by atoms with Gasteiger partial charge >= 0.3 is 5.97 Å². The highest BCUT2D eigenvalue weighted by atomic mass is 16.6. The van der Waals surface area contributed by atoms with Crippen LogP contribution in [0.1, 0.15) is 40.2 Å². The lowest BCUT2D eigenvalue weighted by Crippen LogP contribution is -2.46. The molecular formula is C14H20O3. The minimum Gasteiger partial charge on any atom is -0.508 e. The Morgan fingerprint density at radius 2 is 1.59 bits per heavy atom. The summed E-state index contributed by atoms with van der Waals surface area (Å²) in [6, 6.07) is 6.98. The average molecular weight is 236 g/mol. The van der Waals surface area contributed by atoms with E-state index in [0.29, 0.717) is 0 Å². The Labute approximate surface area is 102 Å². The molecule has 0 spiro atoms. The van der Waals surface area contributed by atoms with Gasteiger partial charge in [0.15, 0.2) is 0 Å². The van der Waals surface area contributed by atoms with Crippen molar-refractivity contribution in [3.63, 3.8) is 0 Å². The molecule has 0 aromatic heterocycles. The number of phenols is 1. The van der Waals surface area contributed by atoms with Crippen LogP contribution in [-0.4, -0.2) is 16.7 Å². The van der Waals surface area contributed by atoms with Gasteiger partial charge in [-0.15, -0.1) is 0 Å². The molecule has 0 aliphatic rings. The third-order valence-electron chi connectivity index (χ3n) is 3.49. The van der Waals surface area contributed by atoms with Crippen molar-refractivity contribution in [2.24, 2.45) is 0 Å². The topological polar surface area (TPSA) is 46.5 Å². The molecule has 17 heavy (non-hydrogen) atoms. The van der Waals surface area contributed by atoms with Crippen molar-refractivity contribution in [2.45, 2.75) is 45.6 Å². The fourth-order valence-corrected chi connectivity index (χ4v) is 1.71. The first kappa shape index (κ1) is 13.6. The van der Waals surface area contributed by atoms with Gasteiger partial charge in [-0.3, -0.25) is 4.79 Å². The molecule has 0 amide bonds. The van der Waals surface area contributed by atoms with Crippen LogP contribution in [0.2, 0.25) is 0 Å². The quantitative estimate of drug-likeness (QED) is 0.820. The number of hydrogen-bond acceptors (Lipinski definition) is 3. The zero-order chi connectivity index (χ0) is 13.3. The van der Waals surface area contributed by atoms with Gasteiger partial charge in [0.05, 0.1) is 0 Å². The number of ether oxygens (including phenoxy) is 1. The predicted octanol–water partition coefficient (Wildman–Crippen LogP) is 3.01. The zero-order valence-electron chi connectivity index (χ0n) is 11.1. The van der Waals surface area contributed by atoms with Crippen LogP contribution in [0.5, 0.6) is 5.75 Å². The largest absolute Gasteiger partial charge is 0.508 e. The molecule has 1 N–H and O–H groups in total. The van der Waals surface area contributed by atoms with Gasteiger partial charge in [0.1, 0.15) is 11.4 Å². The smallest absolute Gasteiger partial charge is 0.303 e. The molecule has 1 rings (SSSR count). The molecule has 0 bridgehead atoms. The molecule has 94 valence electrons. The zero-order valence-corrected chi connectivity index (χ0v) is 11.1. The minimum absolute atomic E-state index is 0.231. The highest BCUT2D eigenvalue weighted by molar-refractivity contribution is 5.66. The lowest BCUT2D eigenvalue weighted by atomic mass is 9.72. The summed E-state index contributed by atoms with van der Waals surface area (Å²) in [6.07, 6.45) is 0. The van der Waals surface area contributed by atoms with Gasteiger partial charge in [-0.1, -0.05) is 26.0 Å². The van der Waals surface area contributed by atoms with Crippen molar-refractivity contribution < 1.29 is 14.6 Å². The van der Waals surface area contributed by atoms with Gasteiger partial charge in [0.2, 0.25) is 0 Å². The molecule has 0 saturated carbocycles. The van der Waals surface area contributed by atoms with E-state index in [4.69, 9.17) is 4.74 Å². The van der Waals surface area contributed by atoms with Crippen LogP contribution in [0.3, 0.4) is 0 Å². The first-order chi connectivity index (χ1) is 7.67. The van der Waals surface area contributed by atoms with Gasteiger partial charge in [0.25, 0.3) is 0 Å². The van der Waals surface area contributed by atoms with Crippen molar-refractivity contribution >= 4 is 5.97 Å². The van der Waals surface area contributed by atoms with Crippen LogP contribution in [0.25, 0.3) is 0 Å². The second kappa shape index (κ2) is 4.40. The second-order valence-corrected chi connectivity index (χ2v) is 5.28. The van der Waals surface area contributed by atoms with Crippen LogP contribution in [0.4, 0.5) is 0 Å². The SMILES string of the molecule is CC(=O)OC(C)(C)C(C)(C)c1ccc(O)cc1. The second-order valence-electron chi connectivity index (χ2n) is 5.28. The normalized spacial score (nSPS) is 12.3. The minimum atomic E-state index is -0.615. The predicted molar refractivity (Wildman–Crippen MR) is 67.0 cm³/mol. The van der Waals surface area contributed by atoms with E-state index in [0.717, 1.165) is 5.56 Å². The van der Waals surface area contributed by atoms with E-state index < -0.39 is 5.60 Å². The van der Waals surface area contributed by atoms with Gasteiger partial charge in [0, 0.05) is 12.3 Å². The summed E-state index contributed by atoms with van der Waals surface area (Å²) in [4.78, 5) is 11.1. The van der Waals surface area contributed by atoms with Crippen LogP contribution in [0.15, 0.2) is 24.3 Å². The van der Waals surface area contributed by atoms with Gasteiger partial charge in [-0.2, -0.15) is 0 Å². The summed E-state index contributed by atoms with van der Waals surface area (Å²) in [5.41, 5.74) is 0.0591. The Bertz CT molecular complexity index is 402. The van der Waals surface area contributed by atoms with Crippen molar-refractivity contribution in [3.05, 3.63) is 29.8 Å². The maximum atomic E-state index is 11.1. The molecular weight excluding hydrogens is 216 g/mol. The van der Waals surface area contributed by atoms with E-state index >= 15 is 0 Å². The Morgan fingerprint density at radius 1 is 1.12 bits per heavy atom. The van der Waals surface area contributed by atoms with Crippen molar-refractivity contribution in [1.82, 2.24) is 0 Å². The molecule has 1 aromatic carbocycles. The highest BCUT2D eigenvalue weighted by Gasteiger charge is 2.41. The van der Waals surface area contributed by atoms with E-state index in [1.807, 2.05) is 39.8 Å². The third-order valence-corrected chi connectivity index (χ3v) is 3.49. The number of phenolic OH excluding ortho intramolecular Hbond substituents is 1. The maximum Gasteiger partial charge on any atom is 0.303 e. The molecule has 0 atom stereocenters. The molecule has 0 aliphatic carbocycles. The number of hydrogen-bond donors (Lipinski definition) is 1. The first-order valence-corrected chi connectivity index (χ1v) is 5.66. The van der Waals surface area contributed by atoms with Crippen LogP contribution in [0, 0.1) is 0 Å². The molecule has 0 unspecified atom stereocenters. The number of benzene rings is 1. The van der Waals surface area contributed by atoms with Gasteiger partial charge in [-0.05, 0) is 31.5 Å². The maximum absolute atomic E-state index is 11.1. The van der Waals surface area contributed by atoms with Crippen molar-refractivity contribution in [3.8, 4) is 5.75 Å². The number of rotatable bonds is 3. The lowest BCUT2D eigenvalue weighted by molar-refractivity contribution is -0.159. The molecule has 0 heterocycles. The standard InChI is InChI=1S/C14H20O3/c1-10(15)17-14(4,5)13(2,3)11-6-8-12(16)9-7-11/h6-9,16H,1-5H3. The molecule has 1 aromatic rings. The van der Waals surface area contributed by atoms with E-state index in [1.165, 1.54) is 6.92 Å². The Balaban J connectivity index is 3.08. The Kier molecular flexibility index (Phi) is 3.51. The van der Waals surface area contributed by atoms with Gasteiger partial charge < -0.3 is 9.84 Å². The van der Waals surface area contributed by atoms with Gasteiger partial charge in [-0.25, -0.2) is 0 Å². The van der Waals surface area contributed by atoms with E-state index in [9.17, 15) is 9.90 Å². The van der Waals surface area contributed by atoms with E-state index in [2.05, 4.69) is 0 Å².